The van der Waals surface area contributed by atoms with Crippen molar-refractivity contribution in [2.45, 2.75) is 64.5 Å². The van der Waals surface area contributed by atoms with Gasteiger partial charge in [-0.1, -0.05) is 72.8 Å². The minimum atomic E-state index is -0.564. The first-order valence-electron chi connectivity index (χ1n) is 30.8. The highest BCUT2D eigenvalue weighted by Gasteiger charge is 2.35. The average Bonchev–Trinajstić information content (AvgIpc) is 1.81. The first kappa shape index (κ1) is 76.5. The maximum Gasteiger partial charge on any atom is 0.414 e. The molecule has 3 aliphatic heterocycles. The second kappa shape index (κ2) is 40.1. The number of hydrogen-bond acceptors (Lipinski definition) is 15. The average molecular weight is 1390 g/mol. The van der Waals surface area contributed by atoms with Crippen molar-refractivity contribution in [1.82, 2.24) is 26.2 Å². The van der Waals surface area contributed by atoms with Gasteiger partial charge >= 0.3 is 18.3 Å². The van der Waals surface area contributed by atoms with E-state index >= 15 is 0 Å². The third-order valence-electron chi connectivity index (χ3n) is 14.9. The van der Waals surface area contributed by atoms with E-state index in [1.807, 2.05) is 79.1 Å². The predicted molar refractivity (Wildman–Crippen MR) is 376 cm³/mol. The highest BCUT2D eigenvalue weighted by atomic mass is 35.5. The molecule has 6 aromatic rings. The maximum absolute atomic E-state index is 15.0. The molecule has 0 aliphatic carbocycles. The zero-order valence-corrected chi connectivity index (χ0v) is 57.4. The lowest BCUT2D eigenvalue weighted by Crippen LogP contribution is -2.33. The molecule has 26 heteroatoms. The Balaban J connectivity index is 0.000000219. The number of carbonyl (C=O) groups is 6. The van der Waals surface area contributed by atoms with Crippen molar-refractivity contribution < 1.29 is 60.5 Å². The Morgan fingerprint density at radius 2 is 0.905 bits per heavy atom. The molecule has 0 aromatic heterocycles. The van der Waals surface area contributed by atoms with Gasteiger partial charge in [-0.25, -0.2) is 27.6 Å². The number of carbonyl (C=O) groups excluding carboxylic acids is 6. The van der Waals surface area contributed by atoms with Gasteiger partial charge in [0.1, 0.15) is 35.8 Å². The number of ether oxygens (including phenoxy) is 3. The Kier molecular flexibility index (Phi) is 32.3. The lowest BCUT2D eigenvalue weighted by Gasteiger charge is -2.21. The lowest BCUT2D eigenvalue weighted by molar-refractivity contribution is -0.120. The van der Waals surface area contributed by atoms with Crippen LogP contribution in [0.1, 0.15) is 43.9 Å². The first-order valence-corrected chi connectivity index (χ1v) is 35.6. The number of halogens is 5. The summed E-state index contributed by atoms with van der Waals surface area (Å²) < 4.78 is 72.7. The lowest BCUT2D eigenvalue weighted by atomic mass is 10.0. The smallest absolute Gasteiger partial charge is 0.414 e. The second-order valence-corrected chi connectivity index (χ2v) is 25.4. The Labute approximate surface area is 571 Å². The molecule has 0 unspecified atom stereocenters. The van der Waals surface area contributed by atoms with E-state index in [4.69, 9.17) is 31.5 Å². The van der Waals surface area contributed by atoms with Crippen molar-refractivity contribution in [3.8, 4) is 33.4 Å². The van der Waals surface area contributed by atoms with Crippen LogP contribution in [0.4, 0.5) is 49.0 Å². The Bertz CT molecular complexity index is 3450. The van der Waals surface area contributed by atoms with Crippen LogP contribution in [-0.4, -0.2) is 167 Å². The summed E-state index contributed by atoms with van der Waals surface area (Å²) in [6.07, 6.45) is 3.63. The summed E-state index contributed by atoms with van der Waals surface area (Å²) in [6, 6.07) is 36.8. The summed E-state index contributed by atoms with van der Waals surface area (Å²) in [5.41, 5.74) is 13.2. The number of thioether (sulfide) groups is 3. The number of cyclic esters (lactones) is 3. The number of rotatable bonds is 28. The predicted octanol–water partition coefficient (Wildman–Crippen LogP) is 11.9. The molecular formula is C69H84ClF4N9O9S3. The fourth-order valence-corrected chi connectivity index (χ4v) is 11.1. The van der Waals surface area contributed by atoms with Gasteiger partial charge < -0.3 is 41.2 Å². The largest absolute Gasteiger partial charge is 0.442 e. The normalized spacial score (nSPS) is 15.6. The quantitative estimate of drug-likeness (QED) is 0.0134. The van der Waals surface area contributed by atoms with Crippen LogP contribution in [0.15, 0.2) is 127 Å². The van der Waals surface area contributed by atoms with Crippen molar-refractivity contribution in [1.29, 1.82) is 0 Å². The molecule has 3 atom stereocenters. The standard InChI is InChI=1S/C25H31F2N3O3S.C22H26FN3O3S.C19H18ClFN2O3.C3H9NS/c1-18(31)28-15-22-17-30(25(32)33-22)21-8-9-23(24(27)14-21)20-6-4-19(5-7-20)16-29(11-3-10-26)12-13-34-2;1-15(27)25-13-19-14-26(22(28)29-19)18-7-8-20(21(23)11-18)17-5-3-16(4-6-17)12-24-9-10-30-2;1-12(24)22-10-16-11-23(19(25)26-16)15-6-7-17(18(21)8-15)14-4-2-13(9-20)3-5-14;1-5-3-2-4/h4-9,14,22H,3,10-13,15-17H2,1-2H3,(H,28,31);3-8,11,19,24H,9-10,12-14H2,1-2H3,(H,25,27);2-8,16H,9-11H2,1H3,(H,22,24);2-4H2,1H3/t22-;19-;16-;/m000./s1. The van der Waals surface area contributed by atoms with E-state index < -0.39 is 54.0 Å². The third kappa shape index (κ3) is 24.6. The van der Waals surface area contributed by atoms with Crippen LogP contribution in [0.5, 0.6) is 0 Å². The number of anilines is 3. The maximum atomic E-state index is 15.0. The third-order valence-corrected chi connectivity index (χ3v) is 17.0. The number of nitrogens with zero attached hydrogens (tertiary/aromatic N) is 4. The van der Waals surface area contributed by atoms with Crippen molar-refractivity contribution in [3.63, 3.8) is 0 Å². The zero-order valence-electron chi connectivity index (χ0n) is 54.2. The summed E-state index contributed by atoms with van der Waals surface area (Å²) in [7, 11) is 0. The topological polar surface area (TPSA) is 217 Å². The molecular weight excluding hydrogens is 1310 g/mol. The minimum absolute atomic E-state index is 0.193. The van der Waals surface area contributed by atoms with Crippen molar-refractivity contribution in [2.75, 3.05) is 123 Å². The van der Waals surface area contributed by atoms with Crippen molar-refractivity contribution in [3.05, 3.63) is 162 Å². The van der Waals surface area contributed by atoms with Gasteiger partial charge in [0, 0.05) is 99.9 Å². The summed E-state index contributed by atoms with van der Waals surface area (Å²) in [4.78, 5) is 75.7. The summed E-state index contributed by atoms with van der Waals surface area (Å²) in [6.45, 7) is 10.1. The van der Waals surface area contributed by atoms with Crippen LogP contribution in [0.2, 0.25) is 0 Å². The molecule has 18 nitrogen and oxygen atoms in total. The fraction of sp³-hybridized carbons (Fsp3) is 0.391. The first-order chi connectivity index (χ1) is 45.8. The molecule has 6 amide bonds. The molecule has 0 bridgehead atoms. The molecule has 3 aliphatic rings. The van der Waals surface area contributed by atoms with Gasteiger partial charge in [-0.15, -0.1) is 11.6 Å². The number of benzene rings is 6. The van der Waals surface area contributed by atoms with Crippen LogP contribution in [0.25, 0.3) is 33.4 Å². The van der Waals surface area contributed by atoms with E-state index in [0.717, 1.165) is 83.4 Å². The Morgan fingerprint density at radius 1 is 0.537 bits per heavy atom. The zero-order chi connectivity index (χ0) is 68.8. The summed E-state index contributed by atoms with van der Waals surface area (Å²) in [5.74, 6) is 1.66. The number of nitrogens with one attached hydrogen (secondary N) is 4. The van der Waals surface area contributed by atoms with E-state index in [-0.39, 0.29) is 63.7 Å². The molecule has 0 radical (unpaired) electrons. The minimum Gasteiger partial charge on any atom is -0.442 e. The van der Waals surface area contributed by atoms with Gasteiger partial charge in [0.15, 0.2) is 0 Å². The highest BCUT2D eigenvalue weighted by molar-refractivity contribution is 7.99. The molecule has 3 saturated heterocycles. The van der Waals surface area contributed by atoms with Crippen molar-refractivity contribution in [2.24, 2.45) is 5.73 Å². The summed E-state index contributed by atoms with van der Waals surface area (Å²) in [5, 5.41) is 11.2. The van der Waals surface area contributed by atoms with Gasteiger partial charge in [-0.05, 0) is 113 Å². The van der Waals surface area contributed by atoms with Crippen molar-refractivity contribution >= 4 is 100.0 Å². The Hall–Kier alpha value is -7.52. The highest BCUT2D eigenvalue weighted by Crippen LogP contribution is 2.33. The van der Waals surface area contributed by atoms with Crippen LogP contribution in [-0.2, 0) is 47.6 Å². The van der Waals surface area contributed by atoms with Crippen LogP contribution in [0.3, 0.4) is 0 Å². The molecule has 512 valence electrons. The monoisotopic (exact) mass is 1390 g/mol. The van der Waals surface area contributed by atoms with Gasteiger partial charge in [0.25, 0.3) is 0 Å². The van der Waals surface area contributed by atoms with Gasteiger partial charge in [0.2, 0.25) is 17.7 Å². The van der Waals surface area contributed by atoms with Crippen LogP contribution < -0.4 is 41.7 Å². The van der Waals surface area contributed by atoms with E-state index in [1.54, 1.807) is 71.7 Å². The van der Waals surface area contributed by atoms with E-state index in [2.05, 4.69) is 38.7 Å². The SMILES string of the molecule is CC(=O)NC[C@H]1CN(c2ccc(-c3ccc(CCl)cc3)c(F)c2)C(=O)O1.CSCCN.CSCCN(CCCF)Cc1ccc(-c2ccc(N3C[C@H](CNC(C)=O)OC3=O)cc2F)cc1.CSCCNCc1ccc(-c2ccc(N3C[C@H](CNC(C)=O)OC3=O)cc2F)cc1. The molecule has 3 fully saturated rings. The molecule has 6 aromatic carbocycles. The molecule has 6 N–H and O–H groups in total. The van der Waals surface area contributed by atoms with Gasteiger partial charge in [0.05, 0.1) is 63.0 Å². The summed E-state index contributed by atoms with van der Waals surface area (Å²) >= 11 is 11.1. The number of nitrogens with two attached hydrogens (primary N) is 1. The number of alkyl halides is 2. The Morgan fingerprint density at radius 3 is 1.22 bits per heavy atom. The molecule has 0 spiro atoms. The molecule has 9 rings (SSSR count). The van der Waals surface area contributed by atoms with Gasteiger partial charge in [-0.3, -0.25) is 38.4 Å². The van der Waals surface area contributed by atoms with Crippen LogP contribution >= 0.6 is 46.9 Å². The second-order valence-electron chi connectivity index (χ2n) is 22.1. The fourth-order valence-electron chi connectivity index (χ4n) is 9.93. The molecule has 95 heavy (non-hydrogen) atoms. The molecule has 0 saturated carbocycles. The van der Waals surface area contributed by atoms with E-state index in [9.17, 15) is 46.3 Å². The number of amides is 6. The van der Waals surface area contributed by atoms with Gasteiger partial charge in [-0.2, -0.15) is 35.3 Å². The number of hydrogen-bond donors (Lipinski definition) is 5. The molecule has 3 heterocycles. The van der Waals surface area contributed by atoms with Crippen LogP contribution in [0, 0.1) is 17.5 Å². The van der Waals surface area contributed by atoms with E-state index in [0.29, 0.717) is 52.6 Å². The van der Waals surface area contributed by atoms with E-state index in [1.165, 1.54) is 53.7 Å².